The van der Waals surface area contributed by atoms with Gasteiger partial charge in [-0.25, -0.2) is 9.18 Å². The zero-order valence-electron chi connectivity index (χ0n) is 21.0. The average Bonchev–Trinajstić information content (AvgIpc) is 3.20. The highest BCUT2D eigenvalue weighted by Gasteiger charge is 2.26. The molecule has 0 radical (unpaired) electrons. The third-order valence-corrected chi connectivity index (χ3v) is 7.19. The second-order valence-corrected chi connectivity index (χ2v) is 9.40. The second kappa shape index (κ2) is 11.3. The highest BCUT2D eigenvalue weighted by molar-refractivity contribution is 5.97. The lowest BCUT2D eigenvalue weighted by Gasteiger charge is -2.31. The van der Waals surface area contributed by atoms with E-state index in [9.17, 15) is 14.0 Å². The van der Waals surface area contributed by atoms with Crippen molar-refractivity contribution in [2.24, 2.45) is 5.92 Å². The van der Waals surface area contributed by atoms with Crippen LogP contribution in [0.1, 0.15) is 28.8 Å². The Morgan fingerprint density at radius 3 is 2.41 bits per heavy atom. The summed E-state index contributed by atoms with van der Waals surface area (Å²) in [6.45, 7) is 4.89. The molecule has 0 spiro atoms. The van der Waals surface area contributed by atoms with Crippen LogP contribution in [0.5, 0.6) is 5.75 Å². The van der Waals surface area contributed by atoms with Crippen molar-refractivity contribution in [2.75, 3.05) is 26.7 Å². The van der Waals surface area contributed by atoms with Gasteiger partial charge in [-0.3, -0.25) is 13.9 Å². The van der Waals surface area contributed by atoms with E-state index in [1.807, 2.05) is 54.0 Å². The van der Waals surface area contributed by atoms with Gasteiger partial charge in [0.05, 0.1) is 23.8 Å². The van der Waals surface area contributed by atoms with Crippen LogP contribution in [0.2, 0.25) is 0 Å². The molecule has 1 aromatic heterocycles. The molecule has 5 rings (SSSR count). The van der Waals surface area contributed by atoms with Gasteiger partial charge < -0.3 is 9.64 Å². The fourth-order valence-electron chi connectivity index (χ4n) is 5.19. The largest absolute Gasteiger partial charge is 0.497 e. The third-order valence-electron chi connectivity index (χ3n) is 7.19. The molecule has 37 heavy (non-hydrogen) atoms. The van der Waals surface area contributed by atoms with Gasteiger partial charge >= 0.3 is 5.69 Å². The Morgan fingerprint density at radius 2 is 1.70 bits per heavy atom. The number of fused-ring (bicyclic) bond motifs is 1. The number of hydrogen-bond donors (Lipinski definition) is 0. The van der Waals surface area contributed by atoms with Gasteiger partial charge in [0.25, 0.3) is 0 Å². The summed E-state index contributed by atoms with van der Waals surface area (Å²) in [5.41, 5.74) is 4.11. The minimum Gasteiger partial charge on any atom is -0.497 e. The van der Waals surface area contributed by atoms with Crippen molar-refractivity contribution in [3.63, 3.8) is 0 Å². The minimum atomic E-state index is -0.334. The summed E-state index contributed by atoms with van der Waals surface area (Å²) in [6.07, 6.45) is 1.52. The molecular formula is C29H31ClFN3O3. The van der Waals surface area contributed by atoms with Gasteiger partial charge in [-0.15, -0.1) is 12.4 Å². The number of carbonyl (C=O) groups is 1. The summed E-state index contributed by atoms with van der Waals surface area (Å²) in [7, 11) is 1.62. The SMILES string of the molecule is COc1cccc(-n2c(=O)n(CCN3CCC(C(=O)c4ccc(F)cc4)CC3)c3cccc(C)c32)c1.Cl. The average molecular weight is 524 g/mol. The highest BCUT2D eigenvalue weighted by atomic mass is 35.5. The number of likely N-dealkylation sites (tertiary alicyclic amines) is 1. The summed E-state index contributed by atoms with van der Waals surface area (Å²) in [5, 5.41) is 0. The first-order valence-corrected chi connectivity index (χ1v) is 12.3. The summed E-state index contributed by atoms with van der Waals surface area (Å²) in [4.78, 5) is 28.7. The summed E-state index contributed by atoms with van der Waals surface area (Å²) < 4.78 is 22.2. The number of Topliss-reactive ketones (excluding diaryl/α,β-unsaturated/α-hetero) is 1. The van der Waals surface area contributed by atoms with E-state index in [1.54, 1.807) is 23.8 Å². The molecule has 1 saturated heterocycles. The lowest BCUT2D eigenvalue weighted by molar-refractivity contribution is 0.0837. The van der Waals surface area contributed by atoms with E-state index in [0.717, 1.165) is 54.8 Å². The molecule has 8 heteroatoms. The first-order chi connectivity index (χ1) is 17.5. The van der Waals surface area contributed by atoms with Crippen LogP contribution in [-0.2, 0) is 6.54 Å². The molecule has 4 aromatic rings. The van der Waals surface area contributed by atoms with E-state index >= 15 is 0 Å². The van der Waals surface area contributed by atoms with Gasteiger partial charge in [0, 0.05) is 30.6 Å². The molecule has 3 aromatic carbocycles. The fourth-order valence-corrected chi connectivity index (χ4v) is 5.19. The van der Waals surface area contributed by atoms with Crippen LogP contribution in [0.3, 0.4) is 0 Å². The number of piperidine rings is 1. The summed E-state index contributed by atoms with van der Waals surface area (Å²) in [6, 6.07) is 19.4. The Bertz CT molecular complexity index is 1450. The highest BCUT2D eigenvalue weighted by Crippen LogP contribution is 2.25. The zero-order chi connectivity index (χ0) is 25.2. The Morgan fingerprint density at radius 1 is 1.00 bits per heavy atom. The lowest BCUT2D eigenvalue weighted by atomic mass is 9.89. The van der Waals surface area contributed by atoms with Crippen LogP contribution in [0.25, 0.3) is 16.7 Å². The summed E-state index contributed by atoms with van der Waals surface area (Å²) >= 11 is 0. The maximum Gasteiger partial charge on any atom is 0.333 e. The van der Waals surface area contributed by atoms with Crippen molar-refractivity contribution >= 4 is 29.2 Å². The maximum absolute atomic E-state index is 13.6. The number of para-hydroxylation sites is 1. The number of nitrogens with zero attached hydrogens (tertiary/aromatic N) is 3. The molecule has 0 saturated carbocycles. The van der Waals surface area contributed by atoms with Crippen LogP contribution in [0.15, 0.2) is 71.5 Å². The molecule has 1 fully saturated rings. The quantitative estimate of drug-likeness (QED) is 0.310. The predicted molar refractivity (Wildman–Crippen MR) is 146 cm³/mol. The monoisotopic (exact) mass is 523 g/mol. The molecule has 6 nitrogen and oxygen atoms in total. The topological polar surface area (TPSA) is 56.5 Å². The number of carbonyl (C=O) groups excluding carboxylic acids is 1. The number of benzene rings is 3. The molecule has 0 amide bonds. The van der Waals surface area contributed by atoms with Crippen molar-refractivity contribution in [1.82, 2.24) is 14.0 Å². The number of hydrogen-bond acceptors (Lipinski definition) is 4. The van der Waals surface area contributed by atoms with Gasteiger partial charge in [0.1, 0.15) is 11.6 Å². The summed E-state index contributed by atoms with van der Waals surface area (Å²) in [5.74, 6) is 0.404. The maximum atomic E-state index is 13.6. The molecular weight excluding hydrogens is 493 g/mol. The molecule has 0 atom stereocenters. The Hall–Kier alpha value is -3.42. The molecule has 1 aliphatic rings. The van der Waals surface area contributed by atoms with Gasteiger partial charge in [-0.05, 0) is 80.9 Å². The van der Waals surface area contributed by atoms with Crippen molar-refractivity contribution < 1.29 is 13.9 Å². The standard InChI is InChI=1S/C29H30FN3O3.ClH/c1-20-5-3-8-26-27(20)33(24-6-4-7-25(19-24)36-2)29(35)32(26)18-17-31-15-13-22(14-16-31)28(34)21-9-11-23(30)12-10-21;/h3-12,19,22H,13-18H2,1-2H3;1H. The number of halogens is 2. The third kappa shape index (κ3) is 5.33. The van der Waals surface area contributed by atoms with Crippen molar-refractivity contribution in [3.8, 4) is 11.4 Å². The van der Waals surface area contributed by atoms with Gasteiger partial charge in [-0.1, -0.05) is 18.2 Å². The van der Waals surface area contributed by atoms with Crippen LogP contribution in [0, 0.1) is 18.7 Å². The van der Waals surface area contributed by atoms with Gasteiger partial charge in [0.2, 0.25) is 0 Å². The number of aryl methyl sites for hydroxylation is 1. The first kappa shape index (κ1) is 26.6. The molecule has 0 bridgehead atoms. The lowest BCUT2D eigenvalue weighted by Crippen LogP contribution is -2.39. The number of aromatic nitrogens is 2. The second-order valence-electron chi connectivity index (χ2n) is 9.40. The molecule has 0 unspecified atom stereocenters. The first-order valence-electron chi connectivity index (χ1n) is 12.3. The zero-order valence-corrected chi connectivity index (χ0v) is 21.8. The van der Waals surface area contributed by atoms with Crippen LogP contribution in [0.4, 0.5) is 4.39 Å². The molecule has 0 N–H and O–H groups in total. The van der Waals surface area contributed by atoms with E-state index in [0.29, 0.717) is 17.9 Å². The van der Waals surface area contributed by atoms with Gasteiger partial charge in [-0.2, -0.15) is 0 Å². The van der Waals surface area contributed by atoms with Crippen molar-refractivity contribution in [3.05, 3.63) is 94.2 Å². The van der Waals surface area contributed by atoms with Gasteiger partial charge in [0.15, 0.2) is 5.78 Å². The van der Waals surface area contributed by atoms with E-state index < -0.39 is 0 Å². The van der Waals surface area contributed by atoms with Crippen molar-refractivity contribution in [2.45, 2.75) is 26.3 Å². The minimum absolute atomic E-state index is 0. The number of ketones is 1. The molecule has 0 aliphatic carbocycles. The van der Waals surface area contributed by atoms with E-state index in [1.165, 1.54) is 12.1 Å². The van der Waals surface area contributed by atoms with Crippen LogP contribution >= 0.6 is 12.4 Å². The Labute approximate surface area is 221 Å². The Balaban J connectivity index is 0.00000320. The number of methoxy groups -OCH3 is 1. The predicted octanol–water partition coefficient (Wildman–Crippen LogP) is 5.27. The van der Waals surface area contributed by atoms with Crippen LogP contribution in [-0.4, -0.2) is 46.6 Å². The number of ether oxygens (including phenoxy) is 1. The van der Waals surface area contributed by atoms with E-state index in [-0.39, 0.29) is 35.6 Å². The molecule has 2 heterocycles. The van der Waals surface area contributed by atoms with E-state index in [2.05, 4.69) is 4.90 Å². The fraction of sp³-hybridized carbons (Fsp3) is 0.310. The van der Waals surface area contributed by atoms with Crippen LogP contribution < -0.4 is 10.4 Å². The smallest absolute Gasteiger partial charge is 0.333 e. The number of rotatable bonds is 7. The normalized spacial score (nSPS) is 14.5. The molecule has 1 aliphatic heterocycles. The number of imidazole rings is 1. The van der Waals surface area contributed by atoms with E-state index in [4.69, 9.17) is 4.74 Å². The van der Waals surface area contributed by atoms with Crippen molar-refractivity contribution in [1.29, 1.82) is 0 Å². The Kier molecular flexibility index (Phi) is 8.15. The molecule has 194 valence electrons.